The summed E-state index contributed by atoms with van der Waals surface area (Å²) in [4.78, 5) is 8.27. The molecule has 0 fully saturated rings. The fourth-order valence-corrected chi connectivity index (χ4v) is 3.18. The fourth-order valence-electron chi connectivity index (χ4n) is 3.00. The molecular formula is C20H17ClFN5O. The first-order chi connectivity index (χ1) is 13.5. The lowest BCUT2D eigenvalue weighted by Gasteiger charge is -2.10. The zero-order chi connectivity index (χ0) is 19.7. The van der Waals surface area contributed by atoms with Gasteiger partial charge in [-0.25, -0.2) is 4.39 Å². The molecule has 6 nitrogen and oxygen atoms in total. The van der Waals surface area contributed by atoms with Crippen molar-refractivity contribution < 1.29 is 9.13 Å². The van der Waals surface area contributed by atoms with E-state index in [2.05, 4.69) is 25.5 Å². The minimum Gasteiger partial charge on any atom is -0.421 e. The highest BCUT2D eigenvalue weighted by atomic mass is 35.5. The summed E-state index contributed by atoms with van der Waals surface area (Å²) in [5.41, 5.74) is 3.42. The van der Waals surface area contributed by atoms with Crippen molar-refractivity contribution in [2.24, 2.45) is 0 Å². The number of hydrogen-bond acceptors (Lipinski definition) is 5. The second-order valence-electron chi connectivity index (χ2n) is 6.41. The number of halogens is 2. The molecule has 0 aliphatic heterocycles. The van der Waals surface area contributed by atoms with Crippen molar-refractivity contribution in [2.75, 3.05) is 5.32 Å². The summed E-state index contributed by atoms with van der Waals surface area (Å²) in [6.45, 7) is 3.88. The predicted octanol–water partition coefficient (Wildman–Crippen LogP) is 5.52. The van der Waals surface area contributed by atoms with Crippen LogP contribution in [0.2, 0.25) is 5.15 Å². The van der Waals surface area contributed by atoms with Crippen LogP contribution < -0.4 is 10.1 Å². The number of allylic oxidation sites excluding steroid dienone is 2. The van der Waals surface area contributed by atoms with Gasteiger partial charge in [0, 0.05) is 17.7 Å². The van der Waals surface area contributed by atoms with Crippen molar-refractivity contribution in [2.45, 2.75) is 20.3 Å². The van der Waals surface area contributed by atoms with Gasteiger partial charge in [-0.3, -0.25) is 5.10 Å². The predicted molar refractivity (Wildman–Crippen MR) is 107 cm³/mol. The number of H-pyrrole nitrogens is 1. The maximum atomic E-state index is 14.8. The summed E-state index contributed by atoms with van der Waals surface area (Å²) < 4.78 is 20.3. The number of fused-ring (bicyclic) bond motifs is 1. The van der Waals surface area contributed by atoms with Crippen LogP contribution in [-0.2, 0) is 6.42 Å². The summed E-state index contributed by atoms with van der Waals surface area (Å²) in [7, 11) is 0. The Bertz CT molecular complexity index is 1110. The largest absolute Gasteiger partial charge is 0.421 e. The lowest BCUT2D eigenvalue weighted by atomic mass is 10.1. The van der Waals surface area contributed by atoms with Gasteiger partial charge in [0.1, 0.15) is 11.0 Å². The normalized spacial score (nSPS) is 12.9. The number of nitrogens with one attached hydrogen (secondary N) is 2. The summed E-state index contributed by atoms with van der Waals surface area (Å²) in [5, 5.41) is 10.2. The first-order valence-corrected chi connectivity index (χ1v) is 9.06. The van der Waals surface area contributed by atoms with Crippen LogP contribution in [0.1, 0.15) is 30.7 Å². The van der Waals surface area contributed by atoms with E-state index in [1.54, 1.807) is 6.07 Å². The van der Waals surface area contributed by atoms with E-state index in [9.17, 15) is 4.39 Å². The third kappa shape index (κ3) is 3.75. The lowest BCUT2D eigenvalue weighted by molar-refractivity contribution is 0.411. The molecule has 0 saturated heterocycles. The molecule has 0 spiro atoms. The van der Waals surface area contributed by atoms with Crippen LogP contribution >= 0.6 is 11.6 Å². The number of aromatic nitrogens is 4. The van der Waals surface area contributed by atoms with Crippen LogP contribution in [0.3, 0.4) is 0 Å². The fraction of sp³-hybridized carbons (Fsp3) is 0.150. The Morgan fingerprint density at radius 3 is 2.93 bits per heavy atom. The SMILES string of the molecule is C/C=C/c1cc(Nc2cc(Cl)nc(Oc3ccc4c(c3F)C=C(C)C4)n2)n[nH]1. The van der Waals surface area contributed by atoms with Gasteiger partial charge in [-0.15, -0.1) is 0 Å². The summed E-state index contributed by atoms with van der Waals surface area (Å²) in [5.74, 6) is 0.549. The van der Waals surface area contributed by atoms with E-state index < -0.39 is 5.82 Å². The van der Waals surface area contributed by atoms with Gasteiger partial charge in [-0.2, -0.15) is 15.1 Å². The summed E-state index contributed by atoms with van der Waals surface area (Å²) >= 11 is 6.08. The van der Waals surface area contributed by atoms with Gasteiger partial charge < -0.3 is 10.1 Å². The molecule has 0 saturated carbocycles. The Labute approximate surface area is 166 Å². The van der Waals surface area contributed by atoms with Gasteiger partial charge in [-0.05, 0) is 38.0 Å². The average Bonchev–Trinajstić information content (AvgIpc) is 3.23. The van der Waals surface area contributed by atoms with E-state index in [1.165, 1.54) is 6.07 Å². The average molecular weight is 398 g/mol. The molecule has 0 radical (unpaired) electrons. The monoisotopic (exact) mass is 397 g/mol. The van der Waals surface area contributed by atoms with Crippen molar-refractivity contribution in [3.63, 3.8) is 0 Å². The maximum Gasteiger partial charge on any atom is 0.325 e. The smallest absolute Gasteiger partial charge is 0.325 e. The molecule has 0 amide bonds. The number of hydrogen-bond donors (Lipinski definition) is 2. The third-order valence-corrected chi connectivity index (χ3v) is 4.36. The first kappa shape index (κ1) is 18.2. The van der Waals surface area contributed by atoms with Crippen LogP contribution in [0.15, 0.2) is 35.9 Å². The second-order valence-corrected chi connectivity index (χ2v) is 6.80. The van der Waals surface area contributed by atoms with Crippen molar-refractivity contribution in [1.29, 1.82) is 0 Å². The molecule has 8 heteroatoms. The van der Waals surface area contributed by atoms with Crippen LogP contribution in [0.4, 0.5) is 16.0 Å². The van der Waals surface area contributed by atoms with E-state index in [4.69, 9.17) is 16.3 Å². The Morgan fingerprint density at radius 1 is 1.25 bits per heavy atom. The van der Waals surface area contributed by atoms with Crippen LogP contribution in [0.25, 0.3) is 12.2 Å². The number of anilines is 2. The van der Waals surface area contributed by atoms with Gasteiger partial charge in [-0.1, -0.05) is 35.4 Å². The van der Waals surface area contributed by atoms with Crippen molar-refractivity contribution >= 4 is 35.4 Å². The second kappa shape index (κ2) is 7.44. The molecule has 1 aromatic carbocycles. The van der Waals surface area contributed by atoms with E-state index in [1.807, 2.05) is 44.2 Å². The first-order valence-electron chi connectivity index (χ1n) is 8.68. The molecule has 1 aliphatic carbocycles. The summed E-state index contributed by atoms with van der Waals surface area (Å²) in [6, 6.07) is 6.71. The molecule has 2 heterocycles. The highest BCUT2D eigenvalue weighted by Crippen LogP contribution is 2.34. The molecule has 3 aromatic rings. The molecular weight excluding hydrogens is 381 g/mol. The molecule has 142 valence electrons. The number of benzene rings is 1. The van der Waals surface area contributed by atoms with E-state index >= 15 is 0 Å². The third-order valence-electron chi connectivity index (χ3n) is 4.17. The van der Waals surface area contributed by atoms with Crippen LogP contribution in [-0.4, -0.2) is 20.2 Å². The Hall–Kier alpha value is -3.19. The standard InChI is InChI=1S/C20H17ClFN5O/c1-3-4-13-9-18(27-26-13)24-17-10-16(21)23-20(25-17)28-15-6-5-12-7-11(2)8-14(12)19(15)22/h3-6,8-10H,7H2,1-2H3,(H2,23,24,25,26,27)/b4-3+. The van der Waals surface area contributed by atoms with E-state index in [-0.39, 0.29) is 16.9 Å². The Kier molecular flexibility index (Phi) is 4.83. The van der Waals surface area contributed by atoms with Gasteiger partial charge >= 0.3 is 6.01 Å². The maximum absolute atomic E-state index is 14.8. The van der Waals surface area contributed by atoms with Crippen molar-refractivity contribution in [3.05, 3.63) is 63.7 Å². The zero-order valence-electron chi connectivity index (χ0n) is 15.3. The molecule has 28 heavy (non-hydrogen) atoms. The Balaban J connectivity index is 1.58. The van der Waals surface area contributed by atoms with Crippen LogP contribution in [0.5, 0.6) is 11.8 Å². The zero-order valence-corrected chi connectivity index (χ0v) is 16.0. The molecule has 0 bridgehead atoms. The van der Waals surface area contributed by atoms with Crippen LogP contribution in [0, 0.1) is 5.82 Å². The molecule has 4 rings (SSSR count). The van der Waals surface area contributed by atoms with E-state index in [0.717, 1.165) is 23.3 Å². The highest BCUT2D eigenvalue weighted by molar-refractivity contribution is 6.29. The van der Waals surface area contributed by atoms with Crippen molar-refractivity contribution in [3.8, 4) is 11.8 Å². The van der Waals surface area contributed by atoms with Gasteiger partial charge in [0.05, 0.1) is 5.69 Å². The molecule has 0 unspecified atom stereocenters. The molecule has 2 aromatic heterocycles. The highest BCUT2D eigenvalue weighted by Gasteiger charge is 2.19. The van der Waals surface area contributed by atoms with Gasteiger partial charge in [0.15, 0.2) is 17.4 Å². The number of aromatic amines is 1. The van der Waals surface area contributed by atoms with Gasteiger partial charge in [0.2, 0.25) is 0 Å². The Morgan fingerprint density at radius 2 is 2.11 bits per heavy atom. The van der Waals surface area contributed by atoms with Crippen molar-refractivity contribution in [1.82, 2.24) is 20.2 Å². The van der Waals surface area contributed by atoms with Gasteiger partial charge in [0.25, 0.3) is 0 Å². The quantitative estimate of drug-likeness (QED) is 0.554. The number of ether oxygens (including phenoxy) is 1. The molecule has 0 atom stereocenters. The number of rotatable bonds is 5. The van der Waals surface area contributed by atoms with E-state index in [0.29, 0.717) is 17.2 Å². The summed E-state index contributed by atoms with van der Waals surface area (Å²) in [6.07, 6.45) is 6.34. The lowest BCUT2D eigenvalue weighted by Crippen LogP contribution is -2.00. The molecule has 1 aliphatic rings. The minimum atomic E-state index is -0.435. The minimum absolute atomic E-state index is 0.0491. The topological polar surface area (TPSA) is 75.7 Å². The number of nitrogens with zero attached hydrogens (tertiary/aromatic N) is 3. The molecule has 2 N–H and O–H groups in total.